The number of halogens is 4. The van der Waals surface area contributed by atoms with Crippen molar-refractivity contribution in [2.75, 3.05) is 31.7 Å². The number of carbonyl (C=O) groups is 1. The number of aryl methyl sites for hydroxylation is 1. The van der Waals surface area contributed by atoms with E-state index in [2.05, 4.69) is 41.0 Å². The first-order valence-corrected chi connectivity index (χ1v) is 20.0. The topological polar surface area (TPSA) is 152 Å². The number of alkyl halides is 2. The van der Waals surface area contributed by atoms with E-state index in [9.17, 15) is 30.8 Å². The van der Waals surface area contributed by atoms with Crippen molar-refractivity contribution in [3.8, 4) is 17.4 Å². The number of anilines is 1. The van der Waals surface area contributed by atoms with Gasteiger partial charge >= 0.3 is 6.61 Å². The van der Waals surface area contributed by atoms with Crippen molar-refractivity contribution < 1.29 is 43.1 Å². The van der Waals surface area contributed by atoms with Gasteiger partial charge in [-0.05, 0) is 60.2 Å². The fraction of sp³-hybridized carbons (Fsp3) is 0.425. The van der Waals surface area contributed by atoms with E-state index in [4.69, 9.17) is 15.2 Å². The quantitative estimate of drug-likeness (QED) is 0.0523. The highest BCUT2D eigenvalue weighted by molar-refractivity contribution is 7.88. The molecule has 1 aliphatic rings. The molecule has 1 fully saturated rings. The predicted octanol–water partition coefficient (Wildman–Crippen LogP) is 9.32. The van der Waals surface area contributed by atoms with Gasteiger partial charge in [0, 0.05) is 64.0 Å². The van der Waals surface area contributed by atoms with Gasteiger partial charge in [-0.15, -0.1) is 0 Å². The Balaban J connectivity index is 0.00000198. The van der Waals surface area contributed by atoms with Gasteiger partial charge in [-0.3, -0.25) is 9.79 Å². The van der Waals surface area contributed by atoms with Gasteiger partial charge in [-0.1, -0.05) is 54.5 Å². The maximum Gasteiger partial charge on any atom is 0.387 e. The number of aliphatic imine (C=N–C) groups is 1. The molecule has 0 radical (unpaired) electrons. The molecule has 4 aromatic rings. The van der Waals surface area contributed by atoms with E-state index in [1.54, 1.807) is 13.0 Å². The fourth-order valence-electron chi connectivity index (χ4n) is 5.69. The molecule has 0 aliphatic carbocycles. The summed E-state index contributed by atoms with van der Waals surface area (Å²) in [6, 6.07) is 8.96. The number of ether oxygens (including phenoxy) is 2. The van der Waals surface area contributed by atoms with Crippen molar-refractivity contribution in [2.45, 2.75) is 74.0 Å². The van der Waals surface area contributed by atoms with Crippen molar-refractivity contribution in [3.63, 3.8) is 0 Å². The molecule has 0 amide bonds. The number of fused-ring (bicyclic) bond motifs is 1. The second kappa shape index (κ2) is 19.8. The minimum Gasteiger partial charge on any atom is -0.433 e. The molecule has 1 saturated heterocycles. The molecule has 2 unspecified atom stereocenters. The largest absolute Gasteiger partial charge is 0.433 e. The molecule has 1 aliphatic heterocycles. The van der Waals surface area contributed by atoms with E-state index in [1.807, 2.05) is 27.7 Å². The van der Waals surface area contributed by atoms with Crippen LogP contribution in [0.15, 0.2) is 64.9 Å². The van der Waals surface area contributed by atoms with Crippen molar-refractivity contribution in [2.24, 2.45) is 22.6 Å². The molecule has 56 heavy (non-hydrogen) atoms. The molecule has 2 aromatic heterocycles. The Labute approximate surface area is 329 Å². The third-order valence-corrected chi connectivity index (χ3v) is 9.89. The summed E-state index contributed by atoms with van der Waals surface area (Å²) in [4.78, 5) is 25.2. The van der Waals surface area contributed by atoms with Crippen LogP contribution in [0.2, 0.25) is 0 Å². The number of nitrogens with one attached hydrogen (secondary N) is 2. The number of ketones is 1. The lowest BCUT2D eigenvalue weighted by Gasteiger charge is -2.38. The summed E-state index contributed by atoms with van der Waals surface area (Å²) >= 11 is 0. The SMILES string of the molecule is CC.CC(C)C.CN=C/C(C(=O)c1cc2cc(OC(F)F)c(NC3CN(S(C)(=O)=O)C3)cc2[nH]1)=C(/N)C(C)C(C)c1cnc(Oc2c(F)cccc2F)cc1C.[HH].[HH]. The van der Waals surface area contributed by atoms with Crippen LogP contribution in [-0.2, 0) is 10.0 Å². The average molecular weight is 809 g/mol. The summed E-state index contributed by atoms with van der Waals surface area (Å²) in [5.41, 5.74) is 9.17. The number of para-hydroxylation sites is 1. The maximum absolute atomic E-state index is 14.1. The van der Waals surface area contributed by atoms with Crippen LogP contribution in [-0.4, -0.2) is 73.7 Å². The summed E-state index contributed by atoms with van der Waals surface area (Å²) in [5.74, 6) is -2.85. The second-order valence-corrected chi connectivity index (χ2v) is 15.8. The van der Waals surface area contributed by atoms with Crippen LogP contribution < -0.4 is 20.5 Å². The van der Waals surface area contributed by atoms with E-state index in [0.717, 1.165) is 29.9 Å². The number of Topliss-reactive ketones (excluding diaryl/α,β-unsaturated/α-hetero) is 1. The molecule has 3 heterocycles. The number of hydrogen-bond donors (Lipinski definition) is 3. The smallest absolute Gasteiger partial charge is 0.387 e. The van der Waals surface area contributed by atoms with E-state index < -0.39 is 45.7 Å². The number of rotatable bonds is 13. The second-order valence-electron chi connectivity index (χ2n) is 13.8. The molecule has 0 bridgehead atoms. The summed E-state index contributed by atoms with van der Waals surface area (Å²) in [7, 11) is -1.90. The lowest BCUT2D eigenvalue weighted by Crippen LogP contribution is -2.56. The minimum atomic E-state index is -3.38. The van der Waals surface area contributed by atoms with Crippen molar-refractivity contribution in [1.82, 2.24) is 14.3 Å². The lowest BCUT2D eigenvalue weighted by molar-refractivity contribution is -0.0493. The van der Waals surface area contributed by atoms with Crippen LogP contribution in [0.4, 0.5) is 23.2 Å². The number of nitrogens with two attached hydrogens (primary N) is 1. The number of hydrogen-bond acceptors (Lipinski definition) is 9. The zero-order valence-corrected chi connectivity index (χ0v) is 34.2. The molecule has 11 nitrogen and oxygen atoms in total. The predicted molar refractivity (Wildman–Crippen MR) is 218 cm³/mol. The zero-order valence-electron chi connectivity index (χ0n) is 33.4. The number of carbonyl (C=O) groups excluding carboxylic acids is 1. The van der Waals surface area contributed by atoms with Crippen LogP contribution in [0, 0.1) is 30.4 Å². The first-order valence-electron chi connectivity index (χ1n) is 18.2. The van der Waals surface area contributed by atoms with Crippen molar-refractivity contribution >= 4 is 38.6 Å². The standard InChI is InChI=1S/C34H36F4N6O5S.C4H10.C2H6.2H2/c1-17-9-30(49-33-24(35)7-6-8-25(33)36)41-14-22(17)18(2)19(3)31(39)23(13-40-4)32(45)28-10-20-11-29(48-34(37)38)27(12-26(20)43-28)42-21-15-44(16-21)50(5,46)47;1-4(2)3;1-2;;/h6-14,18-19,21,34,42-43H,15-16,39H2,1-5H3;4H,1-3H3;1-2H3;2*1H/b31-23-,40-13?;;;;. The maximum atomic E-state index is 14.1. The number of pyridine rings is 1. The molecular weight excluding hydrogens is 753 g/mol. The first kappa shape index (κ1) is 45.4. The zero-order chi connectivity index (χ0) is 42.1. The Morgan fingerprint density at radius 2 is 1.70 bits per heavy atom. The lowest BCUT2D eigenvalue weighted by atomic mass is 9.83. The molecule has 0 spiro atoms. The van der Waals surface area contributed by atoms with Gasteiger partial charge in [0.15, 0.2) is 11.6 Å². The van der Waals surface area contributed by atoms with Gasteiger partial charge in [-0.2, -0.15) is 13.1 Å². The highest BCUT2D eigenvalue weighted by atomic mass is 32.2. The highest BCUT2D eigenvalue weighted by Crippen LogP contribution is 2.36. The normalized spacial score (nSPS) is 15.0. The highest BCUT2D eigenvalue weighted by Gasteiger charge is 2.34. The van der Waals surface area contributed by atoms with Gasteiger partial charge < -0.3 is 25.5 Å². The van der Waals surface area contributed by atoms with Gasteiger partial charge in [0.1, 0.15) is 5.75 Å². The third kappa shape index (κ3) is 11.5. The van der Waals surface area contributed by atoms with Crippen LogP contribution in [0.25, 0.3) is 10.9 Å². The van der Waals surface area contributed by atoms with Gasteiger partial charge in [0.2, 0.25) is 27.4 Å². The fourth-order valence-corrected chi connectivity index (χ4v) is 6.59. The summed E-state index contributed by atoms with van der Waals surface area (Å²) in [6.07, 6.45) is 3.96. The molecule has 0 saturated carbocycles. The first-order chi connectivity index (χ1) is 26.3. The van der Waals surface area contributed by atoms with Crippen molar-refractivity contribution in [1.29, 1.82) is 0 Å². The molecule has 16 heteroatoms. The Morgan fingerprint density at radius 3 is 2.23 bits per heavy atom. The number of allylic oxidation sites excluding steroid dienone is 2. The van der Waals surface area contributed by atoms with E-state index in [-0.39, 0.29) is 62.2 Å². The Kier molecular flexibility index (Phi) is 16.0. The number of aromatic amines is 1. The average Bonchev–Trinajstić information content (AvgIpc) is 3.52. The van der Waals surface area contributed by atoms with Crippen LogP contribution in [0.3, 0.4) is 0 Å². The van der Waals surface area contributed by atoms with Gasteiger partial charge in [0.05, 0.1) is 29.3 Å². The minimum absolute atomic E-state index is 0. The van der Waals surface area contributed by atoms with E-state index in [1.165, 1.54) is 48.0 Å². The van der Waals surface area contributed by atoms with Crippen LogP contribution in [0.5, 0.6) is 17.4 Å². The number of benzene rings is 2. The molecule has 5 rings (SSSR count). The molecular formula is C40H56F4N6O5S. The molecule has 2 aromatic carbocycles. The van der Waals surface area contributed by atoms with Crippen LogP contribution in [0.1, 0.15) is 78.9 Å². The summed E-state index contributed by atoms with van der Waals surface area (Å²) < 4.78 is 89.7. The molecule has 310 valence electrons. The number of aromatic nitrogens is 2. The van der Waals surface area contributed by atoms with E-state index >= 15 is 0 Å². The third-order valence-electron chi connectivity index (χ3n) is 8.65. The Morgan fingerprint density at radius 1 is 1.09 bits per heavy atom. The van der Waals surface area contributed by atoms with Crippen LogP contribution >= 0.6 is 0 Å². The molecule has 4 N–H and O–H groups in total. The Bertz CT molecular complexity index is 2140. The number of nitrogens with zero attached hydrogens (tertiary/aromatic N) is 3. The number of sulfonamides is 1. The Hall–Kier alpha value is -4.96. The van der Waals surface area contributed by atoms with Gasteiger partial charge in [-0.25, -0.2) is 22.2 Å². The van der Waals surface area contributed by atoms with E-state index in [0.29, 0.717) is 16.5 Å². The summed E-state index contributed by atoms with van der Waals surface area (Å²) in [6.45, 7) is 13.2. The monoisotopic (exact) mass is 808 g/mol. The van der Waals surface area contributed by atoms with Gasteiger partial charge in [0.25, 0.3) is 0 Å². The summed E-state index contributed by atoms with van der Waals surface area (Å²) in [5, 5.41) is 3.46. The number of H-pyrrole nitrogens is 1. The molecule has 2 atom stereocenters. The van der Waals surface area contributed by atoms with Crippen molar-refractivity contribution in [3.05, 3.63) is 88.4 Å².